The minimum absolute atomic E-state index is 0.0373. The highest BCUT2D eigenvalue weighted by molar-refractivity contribution is 5.91. The number of carbonyl (C=O) groups excluding carboxylic acids is 2. The molecule has 7 nitrogen and oxygen atoms in total. The average molecular weight is 424 g/mol. The van der Waals surface area contributed by atoms with E-state index >= 15 is 0 Å². The van der Waals surface area contributed by atoms with E-state index in [9.17, 15) is 9.59 Å². The van der Waals surface area contributed by atoms with Crippen molar-refractivity contribution in [3.63, 3.8) is 0 Å². The maximum atomic E-state index is 12.2. The van der Waals surface area contributed by atoms with Crippen LogP contribution in [0.1, 0.15) is 25.0 Å². The Hall–Kier alpha value is -3.48. The van der Waals surface area contributed by atoms with Gasteiger partial charge in [0, 0.05) is 31.4 Å². The van der Waals surface area contributed by atoms with E-state index in [2.05, 4.69) is 10.6 Å². The van der Waals surface area contributed by atoms with E-state index in [-0.39, 0.29) is 11.8 Å². The highest BCUT2D eigenvalue weighted by Gasteiger charge is 2.16. The van der Waals surface area contributed by atoms with Crippen molar-refractivity contribution < 1.29 is 19.1 Å². The van der Waals surface area contributed by atoms with E-state index in [1.165, 1.54) is 6.08 Å². The lowest BCUT2D eigenvalue weighted by molar-refractivity contribution is -0.120. The van der Waals surface area contributed by atoms with Gasteiger partial charge >= 0.3 is 0 Å². The maximum Gasteiger partial charge on any atom is 0.244 e. The predicted molar refractivity (Wildman–Crippen MR) is 121 cm³/mol. The molecule has 2 aromatic rings. The molecule has 0 atom stereocenters. The topological polar surface area (TPSA) is 79.9 Å². The number of amides is 2. The molecule has 0 unspecified atom stereocenters. The van der Waals surface area contributed by atoms with Crippen molar-refractivity contribution in [3.05, 3.63) is 59.7 Å². The fourth-order valence-electron chi connectivity index (χ4n) is 3.27. The molecule has 2 N–H and O–H groups in total. The summed E-state index contributed by atoms with van der Waals surface area (Å²) in [5.41, 5.74) is 2.86. The van der Waals surface area contributed by atoms with E-state index in [0.717, 1.165) is 23.4 Å². The first kappa shape index (κ1) is 22.2. The van der Waals surface area contributed by atoms with Crippen LogP contribution in [-0.4, -0.2) is 44.7 Å². The minimum Gasteiger partial charge on any atom is -0.490 e. The van der Waals surface area contributed by atoms with Gasteiger partial charge in [-0.25, -0.2) is 0 Å². The lowest BCUT2D eigenvalue weighted by Crippen LogP contribution is -2.47. The number of rotatable bonds is 9. The molecule has 0 saturated carbocycles. The summed E-state index contributed by atoms with van der Waals surface area (Å²) in [5.74, 6) is 1.22. The number of piperazine rings is 1. The van der Waals surface area contributed by atoms with Gasteiger partial charge in [0.1, 0.15) is 0 Å². The van der Waals surface area contributed by atoms with E-state index in [1.54, 1.807) is 6.08 Å². The molecule has 2 amide bonds. The second-order valence-corrected chi connectivity index (χ2v) is 7.06. The zero-order chi connectivity index (χ0) is 22.1. The van der Waals surface area contributed by atoms with Gasteiger partial charge in [-0.2, -0.15) is 0 Å². The van der Waals surface area contributed by atoms with Gasteiger partial charge in [0.25, 0.3) is 0 Å². The maximum absolute atomic E-state index is 12.2. The second-order valence-electron chi connectivity index (χ2n) is 7.06. The molecular weight excluding hydrogens is 394 g/mol. The van der Waals surface area contributed by atoms with Crippen LogP contribution < -0.4 is 25.0 Å². The summed E-state index contributed by atoms with van der Waals surface area (Å²) in [6.45, 7) is 7.19. The summed E-state index contributed by atoms with van der Waals surface area (Å²) in [6, 6.07) is 13.5. The Morgan fingerprint density at radius 3 is 2.55 bits per heavy atom. The first-order valence-corrected chi connectivity index (χ1v) is 10.5. The first-order chi connectivity index (χ1) is 15.1. The number of ether oxygens (including phenoxy) is 2. The lowest BCUT2D eigenvalue weighted by atomic mass is 10.1. The third-order valence-electron chi connectivity index (χ3n) is 4.80. The predicted octanol–water partition coefficient (Wildman–Crippen LogP) is 2.75. The molecule has 7 heteroatoms. The van der Waals surface area contributed by atoms with Gasteiger partial charge in [-0.3, -0.25) is 9.59 Å². The first-order valence-electron chi connectivity index (χ1n) is 10.5. The van der Waals surface area contributed by atoms with Crippen LogP contribution in [-0.2, 0) is 16.1 Å². The van der Waals surface area contributed by atoms with Crippen LogP contribution in [0.2, 0.25) is 0 Å². The van der Waals surface area contributed by atoms with Gasteiger partial charge in [-0.1, -0.05) is 18.2 Å². The van der Waals surface area contributed by atoms with Crippen molar-refractivity contribution in [2.75, 3.05) is 37.7 Å². The van der Waals surface area contributed by atoms with Crippen molar-refractivity contribution in [1.82, 2.24) is 10.6 Å². The van der Waals surface area contributed by atoms with Crippen molar-refractivity contribution in [3.8, 4) is 11.5 Å². The zero-order valence-corrected chi connectivity index (χ0v) is 18.0. The largest absolute Gasteiger partial charge is 0.490 e. The van der Waals surface area contributed by atoms with E-state index in [0.29, 0.717) is 44.3 Å². The number of nitrogens with one attached hydrogen (secondary N) is 2. The van der Waals surface area contributed by atoms with Crippen LogP contribution in [0.3, 0.4) is 0 Å². The minimum atomic E-state index is -0.177. The van der Waals surface area contributed by atoms with Gasteiger partial charge in [0.2, 0.25) is 11.8 Å². The van der Waals surface area contributed by atoms with E-state index in [1.807, 2.05) is 61.2 Å². The van der Waals surface area contributed by atoms with Crippen LogP contribution >= 0.6 is 0 Å². The molecule has 1 saturated heterocycles. The fraction of sp³-hybridized carbons (Fsp3) is 0.333. The molecule has 0 aromatic heterocycles. The molecule has 0 aliphatic carbocycles. The molecule has 1 fully saturated rings. The Balaban J connectivity index is 1.53. The van der Waals surface area contributed by atoms with Crippen LogP contribution in [0.5, 0.6) is 11.5 Å². The number of hydrogen-bond acceptors (Lipinski definition) is 5. The molecular formula is C24H29N3O4. The van der Waals surface area contributed by atoms with Crippen molar-refractivity contribution in [1.29, 1.82) is 0 Å². The Morgan fingerprint density at radius 1 is 1.10 bits per heavy atom. The van der Waals surface area contributed by atoms with Crippen molar-refractivity contribution >= 4 is 23.6 Å². The standard InChI is InChI=1S/C24H29N3O4/c1-3-30-21-11-7-18(15-22(21)31-4-2)8-12-23(28)26-16-19-5-9-20(10-6-19)27-14-13-25-24(29)17-27/h5-12,15H,3-4,13-14,16-17H2,1-2H3,(H,25,29)(H,26,28)/b12-8+. The number of carbonyl (C=O) groups is 2. The summed E-state index contributed by atoms with van der Waals surface area (Å²) in [7, 11) is 0. The summed E-state index contributed by atoms with van der Waals surface area (Å²) in [5, 5.41) is 5.71. The summed E-state index contributed by atoms with van der Waals surface area (Å²) < 4.78 is 11.2. The smallest absolute Gasteiger partial charge is 0.244 e. The molecule has 1 aliphatic rings. The van der Waals surface area contributed by atoms with Gasteiger partial charge < -0.3 is 25.0 Å². The van der Waals surface area contributed by atoms with Gasteiger partial charge in [0.05, 0.1) is 19.8 Å². The molecule has 0 spiro atoms. The van der Waals surface area contributed by atoms with E-state index < -0.39 is 0 Å². The SMILES string of the molecule is CCOc1ccc(/C=C/C(=O)NCc2ccc(N3CCNC(=O)C3)cc2)cc1OCC. The Morgan fingerprint density at radius 2 is 1.84 bits per heavy atom. The number of nitrogens with zero attached hydrogens (tertiary/aromatic N) is 1. The van der Waals surface area contributed by atoms with Gasteiger partial charge in [0.15, 0.2) is 11.5 Å². The quantitative estimate of drug-likeness (QED) is 0.607. The van der Waals surface area contributed by atoms with E-state index in [4.69, 9.17) is 9.47 Å². The van der Waals surface area contributed by atoms with Gasteiger partial charge in [-0.05, 0) is 55.3 Å². The Labute approximate surface area is 183 Å². The molecule has 1 heterocycles. The molecule has 0 radical (unpaired) electrons. The summed E-state index contributed by atoms with van der Waals surface area (Å²) in [6.07, 6.45) is 3.25. The fourth-order valence-corrected chi connectivity index (χ4v) is 3.27. The van der Waals surface area contributed by atoms with Crippen molar-refractivity contribution in [2.24, 2.45) is 0 Å². The number of anilines is 1. The third kappa shape index (κ3) is 6.50. The number of hydrogen-bond donors (Lipinski definition) is 2. The highest BCUT2D eigenvalue weighted by Crippen LogP contribution is 2.29. The molecule has 3 rings (SSSR count). The van der Waals surface area contributed by atoms with Crippen molar-refractivity contribution in [2.45, 2.75) is 20.4 Å². The zero-order valence-electron chi connectivity index (χ0n) is 18.0. The van der Waals surface area contributed by atoms with Crippen LogP contribution in [0.4, 0.5) is 5.69 Å². The highest BCUT2D eigenvalue weighted by atomic mass is 16.5. The summed E-state index contributed by atoms with van der Waals surface area (Å²) in [4.78, 5) is 25.8. The monoisotopic (exact) mass is 423 g/mol. The number of benzene rings is 2. The lowest BCUT2D eigenvalue weighted by Gasteiger charge is -2.28. The molecule has 164 valence electrons. The third-order valence-corrected chi connectivity index (χ3v) is 4.80. The Kier molecular flexibility index (Phi) is 7.92. The van der Waals surface area contributed by atoms with Crippen LogP contribution in [0.15, 0.2) is 48.5 Å². The molecule has 1 aliphatic heterocycles. The second kappa shape index (κ2) is 11.1. The molecule has 0 bridgehead atoms. The van der Waals surface area contributed by atoms with Gasteiger partial charge in [-0.15, -0.1) is 0 Å². The average Bonchev–Trinajstić information content (AvgIpc) is 2.78. The Bertz CT molecular complexity index is 925. The van der Waals surface area contributed by atoms with Crippen LogP contribution in [0.25, 0.3) is 6.08 Å². The summed E-state index contributed by atoms with van der Waals surface area (Å²) >= 11 is 0. The van der Waals surface area contributed by atoms with Crippen LogP contribution in [0, 0.1) is 0 Å². The normalized spacial score (nSPS) is 13.7. The molecule has 31 heavy (non-hydrogen) atoms. The molecule has 2 aromatic carbocycles.